The Morgan fingerprint density at radius 3 is 2.89 bits per heavy atom. The van der Waals surface area contributed by atoms with E-state index in [1.165, 1.54) is 12.0 Å². The predicted octanol–water partition coefficient (Wildman–Crippen LogP) is 2.34. The van der Waals surface area contributed by atoms with Gasteiger partial charge in [0.25, 0.3) is 0 Å². The molecule has 94 valence electrons. The summed E-state index contributed by atoms with van der Waals surface area (Å²) in [4.78, 5) is 2.36. The molecule has 1 aromatic carbocycles. The molecule has 1 unspecified atom stereocenters. The van der Waals surface area contributed by atoms with Gasteiger partial charge in [-0.1, -0.05) is 29.4 Å². The molecule has 0 aliphatic carbocycles. The van der Waals surface area contributed by atoms with Gasteiger partial charge in [-0.05, 0) is 31.5 Å². The molecule has 0 saturated carbocycles. The Morgan fingerprint density at radius 2 is 2.22 bits per heavy atom. The molecule has 1 atom stereocenters. The van der Waals surface area contributed by atoms with E-state index in [1.807, 2.05) is 6.07 Å². The number of nitrogens with zero attached hydrogens (tertiary/aromatic N) is 2. The van der Waals surface area contributed by atoms with Crippen LogP contribution in [0, 0.1) is 0 Å². The minimum absolute atomic E-state index is 0.364. The summed E-state index contributed by atoms with van der Waals surface area (Å²) in [6.07, 6.45) is 1.20. The molecule has 0 amide bonds. The summed E-state index contributed by atoms with van der Waals surface area (Å²) in [7, 11) is 2.16. The maximum absolute atomic E-state index is 5.60. The van der Waals surface area contributed by atoms with Gasteiger partial charge in [-0.25, -0.2) is 0 Å². The van der Waals surface area contributed by atoms with Gasteiger partial charge in [0.2, 0.25) is 5.88 Å². The first kappa shape index (κ1) is 11.3. The summed E-state index contributed by atoms with van der Waals surface area (Å²) in [5, 5.41) is 4.02. The van der Waals surface area contributed by atoms with Crippen LogP contribution in [0.2, 0.25) is 0 Å². The molecule has 4 heteroatoms. The number of anilines is 1. The summed E-state index contributed by atoms with van der Waals surface area (Å²) in [5.41, 5.74) is 8.92. The molecule has 1 fully saturated rings. The third kappa shape index (κ3) is 1.99. The van der Waals surface area contributed by atoms with E-state index < -0.39 is 0 Å². The van der Waals surface area contributed by atoms with Gasteiger partial charge in [0, 0.05) is 18.2 Å². The van der Waals surface area contributed by atoms with Crippen molar-refractivity contribution < 1.29 is 4.52 Å². The second-order valence-corrected chi connectivity index (χ2v) is 4.95. The topological polar surface area (TPSA) is 55.3 Å². The molecule has 1 aliphatic rings. The van der Waals surface area contributed by atoms with E-state index in [1.54, 1.807) is 6.07 Å². The number of nitrogen functional groups attached to an aromatic ring is 1. The standard InChI is InChI=1S/C14H17N3O/c1-17-7-6-10(9-17)11-4-2-3-5-12(11)13-8-14(15)18-16-13/h2-5,8,10H,6-7,9,15H2,1H3. The molecule has 4 nitrogen and oxygen atoms in total. The Bertz CT molecular complexity index is 549. The zero-order chi connectivity index (χ0) is 12.5. The molecule has 1 aliphatic heterocycles. The zero-order valence-corrected chi connectivity index (χ0v) is 10.5. The lowest BCUT2D eigenvalue weighted by Gasteiger charge is -2.14. The van der Waals surface area contributed by atoms with Crippen molar-refractivity contribution in [3.63, 3.8) is 0 Å². The molecule has 1 saturated heterocycles. The van der Waals surface area contributed by atoms with Crippen LogP contribution >= 0.6 is 0 Å². The number of hydrogen-bond acceptors (Lipinski definition) is 4. The van der Waals surface area contributed by atoms with Crippen LogP contribution in [0.5, 0.6) is 0 Å². The SMILES string of the molecule is CN1CCC(c2ccccc2-c2cc(N)on2)C1. The first-order chi connectivity index (χ1) is 8.74. The molecule has 0 radical (unpaired) electrons. The second-order valence-electron chi connectivity index (χ2n) is 4.95. The van der Waals surface area contributed by atoms with E-state index in [-0.39, 0.29) is 0 Å². The number of hydrogen-bond donors (Lipinski definition) is 1. The Hall–Kier alpha value is -1.81. The fourth-order valence-electron chi connectivity index (χ4n) is 2.69. The smallest absolute Gasteiger partial charge is 0.222 e. The third-order valence-corrected chi connectivity index (χ3v) is 3.60. The van der Waals surface area contributed by atoms with Gasteiger partial charge in [0.05, 0.1) is 0 Å². The molecule has 0 spiro atoms. The highest BCUT2D eigenvalue weighted by molar-refractivity contribution is 5.66. The summed E-state index contributed by atoms with van der Waals surface area (Å²) in [6, 6.07) is 10.2. The van der Waals surface area contributed by atoms with E-state index in [9.17, 15) is 0 Å². The van der Waals surface area contributed by atoms with Crippen molar-refractivity contribution in [3.8, 4) is 11.3 Å². The summed E-state index contributed by atoms with van der Waals surface area (Å²) in [5.74, 6) is 0.937. The fraction of sp³-hybridized carbons (Fsp3) is 0.357. The summed E-state index contributed by atoms with van der Waals surface area (Å²) in [6.45, 7) is 2.25. The first-order valence-electron chi connectivity index (χ1n) is 6.24. The number of nitrogens with two attached hydrogens (primary N) is 1. The van der Waals surface area contributed by atoms with Gasteiger partial charge in [-0.15, -0.1) is 0 Å². The number of benzene rings is 1. The Labute approximate surface area is 106 Å². The van der Waals surface area contributed by atoms with Crippen molar-refractivity contribution in [1.82, 2.24) is 10.1 Å². The van der Waals surface area contributed by atoms with Crippen LogP contribution < -0.4 is 5.73 Å². The number of aromatic nitrogens is 1. The van der Waals surface area contributed by atoms with Crippen LogP contribution in [0.1, 0.15) is 17.9 Å². The largest absolute Gasteiger partial charge is 0.368 e. The number of likely N-dealkylation sites (tertiary alicyclic amines) is 1. The molecule has 0 bridgehead atoms. The normalized spacial score (nSPS) is 20.4. The maximum Gasteiger partial charge on any atom is 0.222 e. The highest BCUT2D eigenvalue weighted by Crippen LogP contribution is 2.34. The van der Waals surface area contributed by atoms with Crippen molar-refractivity contribution in [1.29, 1.82) is 0 Å². The van der Waals surface area contributed by atoms with E-state index >= 15 is 0 Å². The van der Waals surface area contributed by atoms with Crippen LogP contribution in [0.15, 0.2) is 34.9 Å². The average molecular weight is 243 g/mol. The molecule has 1 aromatic heterocycles. The van der Waals surface area contributed by atoms with Gasteiger partial charge in [-0.3, -0.25) is 0 Å². The highest BCUT2D eigenvalue weighted by Gasteiger charge is 2.24. The molecular formula is C14H17N3O. The van der Waals surface area contributed by atoms with E-state index in [2.05, 4.69) is 35.3 Å². The summed E-state index contributed by atoms with van der Waals surface area (Å²) >= 11 is 0. The Morgan fingerprint density at radius 1 is 1.39 bits per heavy atom. The van der Waals surface area contributed by atoms with E-state index in [0.717, 1.165) is 24.3 Å². The highest BCUT2D eigenvalue weighted by atomic mass is 16.5. The second kappa shape index (κ2) is 4.46. The van der Waals surface area contributed by atoms with Gasteiger partial charge in [0.1, 0.15) is 5.69 Å². The molecular weight excluding hydrogens is 226 g/mol. The molecule has 2 aromatic rings. The summed E-state index contributed by atoms with van der Waals surface area (Å²) < 4.78 is 4.98. The predicted molar refractivity (Wildman–Crippen MR) is 71.2 cm³/mol. The van der Waals surface area contributed by atoms with Gasteiger partial charge in [-0.2, -0.15) is 0 Å². The fourth-order valence-corrected chi connectivity index (χ4v) is 2.69. The van der Waals surface area contributed by atoms with Crippen molar-refractivity contribution in [2.45, 2.75) is 12.3 Å². The quantitative estimate of drug-likeness (QED) is 0.879. The molecule has 2 heterocycles. The molecule has 18 heavy (non-hydrogen) atoms. The monoisotopic (exact) mass is 243 g/mol. The lowest BCUT2D eigenvalue weighted by molar-refractivity contribution is 0.411. The molecule has 3 rings (SSSR count). The number of likely N-dealkylation sites (N-methyl/N-ethyl adjacent to an activating group) is 1. The Kier molecular flexibility index (Phi) is 2.80. The Balaban J connectivity index is 2.00. The zero-order valence-electron chi connectivity index (χ0n) is 10.5. The maximum atomic E-state index is 5.60. The van der Waals surface area contributed by atoms with Crippen molar-refractivity contribution >= 4 is 5.88 Å². The average Bonchev–Trinajstić information content (AvgIpc) is 2.98. The van der Waals surface area contributed by atoms with E-state index in [0.29, 0.717) is 11.8 Å². The lowest BCUT2D eigenvalue weighted by Crippen LogP contribution is -2.13. The minimum atomic E-state index is 0.364. The first-order valence-corrected chi connectivity index (χ1v) is 6.24. The van der Waals surface area contributed by atoms with E-state index in [4.69, 9.17) is 10.3 Å². The van der Waals surface area contributed by atoms with Crippen LogP contribution in [-0.2, 0) is 0 Å². The third-order valence-electron chi connectivity index (χ3n) is 3.60. The lowest BCUT2D eigenvalue weighted by atomic mass is 9.92. The van der Waals surface area contributed by atoms with Crippen LogP contribution in [0.4, 0.5) is 5.88 Å². The van der Waals surface area contributed by atoms with Crippen LogP contribution in [-0.4, -0.2) is 30.2 Å². The minimum Gasteiger partial charge on any atom is -0.368 e. The van der Waals surface area contributed by atoms with Crippen LogP contribution in [0.3, 0.4) is 0 Å². The van der Waals surface area contributed by atoms with Crippen molar-refractivity contribution in [3.05, 3.63) is 35.9 Å². The van der Waals surface area contributed by atoms with Crippen molar-refractivity contribution in [2.75, 3.05) is 25.9 Å². The van der Waals surface area contributed by atoms with Crippen LogP contribution in [0.25, 0.3) is 11.3 Å². The van der Waals surface area contributed by atoms with Gasteiger partial charge >= 0.3 is 0 Å². The van der Waals surface area contributed by atoms with Gasteiger partial charge in [0.15, 0.2) is 0 Å². The van der Waals surface area contributed by atoms with Gasteiger partial charge < -0.3 is 15.2 Å². The number of rotatable bonds is 2. The molecule has 2 N–H and O–H groups in total. The van der Waals surface area contributed by atoms with Crippen molar-refractivity contribution in [2.24, 2.45) is 0 Å².